The van der Waals surface area contributed by atoms with Crippen LogP contribution in [0.2, 0.25) is 0 Å². The van der Waals surface area contributed by atoms with Crippen molar-refractivity contribution in [2.45, 2.75) is 31.9 Å². The summed E-state index contributed by atoms with van der Waals surface area (Å²) >= 11 is 1.84. The van der Waals surface area contributed by atoms with Crippen LogP contribution in [0.15, 0.2) is 29.9 Å². The molecule has 1 spiro atoms. The van der Waals surface area contributed by atoms with Gasteiger partial charge in [0, 0.05) is 50.1 Å². The zero-order valence-electron chi connectivity index (χ0n) is 14.1. The number of nitrogens with one attached hydrogen (secondary N) is 1. The third kappa shape index (κ3) is 3.31. The average Bonchev–Trinajstić information content (AvgIpc) is 3.19. The van der Waals surface area contributed by atoms with Gasteiger partial charge in [-0.15, -0.1) is 11.3 Å². The first-order valence-corrected chi connectivity index (χ1v) is 9.53. The van der Waals surface area contributed by atoms with Gasteiger partial charge in [-0.25, -0.2) is 9.97 Å². The first-order valence-electron chi connectivity index (χ1n) is 8.65. The minimum atomic E-state index is 0.0903. The molecule has 2 aliphatic rings. The largest absolute Gasteiger partial charge is 0.372 e. The van der Waals surface area contributed by atoms with E-state index in [9.17, 15) is 0 Å². The van der Waals surface area contributed by atoms with Crippen molar-refractivity contribution in [2.75, 3.05) is 31.6 Å². The summed E-state index contributed by atoms with van der Waals surface area (Å²) in [5, 5.41) is 5.49. The van der Waals surface area contributed by atoms with Crippen LogP contribution in [0.4, 0.5) is 5.95 Å². The highest BCUT2D eigenvalue weighted by molar-refractivity contribution is 7.09. The van der Waals surface area contributed by atoms with Gasteiger partial charge in [0.1, 0.15) is 0 Å². The molecule has 2 aromatic heterocycles. The number of hydrogen-bond acceptors (Lipinski definition) is 6. The van der Waals surface area contributed by atoms with Crippen molar-refractivity contribution in [3.63, 3.8) is 0 Å². The molecule has 2 saturated heterocycles. The fraction of sp³-hybridized carbons (Fsp3) is 0.556. The van der Waals surface area contributed by atoms with Crippen LogP contribution in [0.25, 0.3) is 0 Å². The van der Waals surface area contributed by atoms with E-state index in [-0.39, 0.29) is 5.60 Å². The molecule has 6 heteroatoms. The van der Waals surface area contributed by atoms with E-state index in [4.69, 9.17) is 4.74 Å². The molecule has 0 aliphatic carbocycles. The molecule has 0 amide bonds. The Morgan fingerprint density at radius 2 is 2.21 bits per heavy atom. The van der Waals surface area contributed by atoms with Gasteiger partial charge in [-0.2, -0.15) is 0 Å². The number of aryl methyl sites for hydroxylation is 1. The maximum atomic E-state index is 6.16. The van der Waals surface area contributed by atoms with Crippen molar-refractivity contribution in [3.05, 3.63) is 40.3 Å². The van der Waals surface area contributed by atoms with Crippen LogP contribution in [-0.4, -0.2) is 46.7 Å². The van der Waals surface area contributed by atoms with Crippen LogP contribution in [0.3, 0.4) is 0 Å². The molecule has 2 aromatic rings. The van der Waals surface area contributed by atoms with Gasteiger partial charge in [0.05, 0.1) is 5.60 Å². The topological polar surface area (TPSA) is 50.3 Å². The summed E-state index contributed by atoms with van der Waals surface area (Å²) < 4.78 is 6.16. The molecule has 4 heterocycles. The first-order chi connectivity index (χ1) is 11.7. The van der Waals surface area contributed by atoms with Crippen LogP contribution in [0.1, 0.15) is 23.3 Å². The maximum Gasteiger partial charge on any atom is 0.222 e. The normalized spacial score (nSPS) is 22.6. The Bertz CT molecular complexity index is 652. The van der Waals surface area contributed by atoms with E-state index in [0.29, 0.717) is 5.92 Å². The molecule has 1 N–H and O–H groups in total. The molecule has 0 bridgehead atoms. The van der Waals surface area contributed by atoms with Crippen molar-refractivity contribution in [1.29, 1.82) is 0 Å². The smallest absolute Gasteiger partial charge is 0.222 e. The Hall–Kier alpha value is -1.50. The number of likely N-dealkylation sites (tertiary alicyclic amines) is 1. The number of aromatic nitrogens is 2. The summed E-state index contributed by atoms with van der Waals surface area (Å²) in [6.07, 6.45) is 5.99. The van der Waals surface area contributed by atoms with Crippen molar-refractivity contribution in [2.24, 2.45) is 5.92 Å². The number of hydrogen-bond donors (Lipinski definition) is 1. The Morgan fingerprint density at radius 1 is 1.38 bits per heavy atom. The van der Waals surface area contributed by atoms with Crippen LogP contribution < -0.4 is 5.32 Å². The Balaban J connectivity index is 1.26. The standard InChI is InChI=1S/C18H24N4OS/c1-14-9-20-17(21-10-14)19-6-4-15-5-7-23-18(15)12-22(13-18)11-16-3-2-8-24-16/h2-3,8-10,15H,4-7,11-13H2,1H3,(H,19,20,21)/t15-/m1/s1. The molecule has 1 atom stereocenters. The monoisotopic (exact) mass is 344 g/mol. The quantitative estimate of drug-likeness (QED) is 0.873. The molecular formula is C18H24N4OS. The summed E-state index contributed by atoms with van der Waals surface area (Å²) in [4.78, 5) is 12.6. The zero-order valence-corrected chi connectivity index (χ0v) is 14.9. The van der Waals surface area contributed by atoms with Crippen molar-refractivity contribution >= 4 is 17.3 Å². The second-order valence-electron chi connectivity index (χ2n) is 6.92. The SMILES string of the molecule is Cc1cnc(NCC[C@@H]2CCOC23CN(Cc2cccs2)C3)nc1. The van der Waals surface area contributed by atoms with E-state index in [2.05, 4.69) is 37.7 Å². The van der Waals surface area contributed by atoms with Crippen LogP contribution in [0, 0.1) is 12.8 Å². The lowest BCUT2D eigenvalue weighted by Gasteiger charge is -2.50. The van der Waals surface area contributed by atoms with Gasteiger partial charge in [-0.3, -0.25) is 4.90 Å². The molecule has 4 rings (SSSR count). The molecule has 0 radical (unpaired) electrons. The predicted molar refractivity (Wildman–Crippen MR) is 96.3 cm³/mol. The molecule has 2 aliphatic heterocycles. The summed E-state index contributed by atoms with van der Waals surface area (Å²) in [6, 6.07) is 4.34. The van der Waals surface area contributed by atoms with E-state index in [1.54, 1.807) is 0 Å². The van der Waals surface area contributed by atoms with Crippen molar-refractivity contribution in [3.8, 4) is 0 Å². The molecule has 128 valence electrons. The first kappa shape index (κ1) is 16.0. The van der Waals surface area contributed by atoms with Gasteiger partial charge in [0.15, 0.2) is 0 Å². The highest BCUT2D eigenvalue weighted by Gasteiger charge is 2.52. The van der Waals surface area contributed by atoms with E-state index in [0.717, 1.165) is 50.7 Å². The second-order valence-corrected chi connectivity index (χ2v) is 7.96. The summed E-state index contributed by atoms with van der Waals surface area (Å²) in [5.41, 5.74) is 1.18. The Morgan fingerprint density at radius 3 is 2.96 bits per heavy atom. The molecule has 0 unspecified atom stereocenters. The molecule has 0 saturated carbocycles. The maximum absolute atomic E-state index is 6.16. The van der Waals surface area contributed by atoms with Gasteiger partial charge in [-0.1, -0.05) is 6.07 Å². The highest BCUT2D eigenvalue weighted by atomic mass is 32.1. The fourth-order valence-corrected chi connectivity index (χ4v) is 4.58. The minimum Gasteiger partial charge on any atom is -0.372 e. The molecule has 24 heavy (non-hydrogen) atoms. The lowest BCUT2D eigenvalue weighted by atomic mass is 9.79. The Kier molecular flexibility index (Phi) is 4.52. The zero-order chi connectivity index (χ0) is 16.4. The van der Waals surface area contributed by atoms with Crippen LogP contribution in [0.5, 0.6) is 0 Å². The number of rotatable bonds is 6. The molecule has 2 fully saturated rings. The van der Waals surface area contributed by atoms with Gasteiger partial charge in [0.2, 0.25) is 5.95 Å². The van der Waals surface area contributed by atoms with E-state index < -0.39 is 0 Å². The molecule has 0 aromatic carbocycles. The van der Waals surface area contributed by atoms with Gasteiger partial charge < -0.3 is 10.1 Å². The number of ether oxygens (including phenoxy) is 1. The Labute approximate surface area is 147 Å². The highest BCUT2D eigenvalue weighted by Crippen LogP contribution is 2.42. The van der Waals surface area contributed by atoms with Gasteiger partial charge in [-0.05, 0) is 42.7 Å². The number of anilines is 1. The van der Waals surface area contributed by atoms with Crippen LogP contribution in [-0.2, 0) is 11.3 Å². The lowest BCUT2D eigenvalue weighted by molar-refractivity contribution is -0.136. The summed E-state index contributed by atoms with van der Waals surface area (Å²) in [6.45, 7) is 7.00. The predicted octanol–water partition coefficient (Wildman–Crippen LogP) is 2.94. The van der Waals surface area contributed by atoms with Gasteiger partial charge >= 0.3 is 0 Å². The van der Waals surface area contributed by atoms with Gasteiger partial charge in [0.25, 0.3) is 0 Å². The minimum absolute atomic E-state index is 0.0903. The van der Waals surface area contributed by atoms with Crippen molar-refractivity contribution in [1.82, 2.24) is 14.9 Å². The van der Waals surface area contributed by atoms with E-state index in [1.807, 2.05) is 30.7 Å². The second kappa shape index (κ2) is 6.78. The van der Waals surface area contributed by atoms with Crippen molar-refractivity contribution < 1.29 is 4.74 Å². The van der Waals surface area contributed by atoms with E-state index >= 15 is 0 Å². The summed E-state index contributed by atoms with van der Waals surface area (Å²) in [5.74, 6) is 1.36. The molecular weight excluding hydrogens is 320 g/mol. The van der Waals surface area contributed by atoms with Crippen LogP contribution >= 0.6 is 11.3 Å². The molecule has 5 nitrogen and oxygen atoms in total. The number of thiophene rings is 1. The van der Waals surface area contributed by atoms with E-state index in [1.165, 1.54) is 11.3 Å². The average molecular weight is 344 g/mol. The number of nitrogens with zero attached hydrogens (tertiary/aromatic N) is 3. The third-order valence-corrected chi connectivity index (χ3v) is 5.96. The fourth-order valence-electron chi connectivity index (χ4n) is 3.83. The summed E-state index contributed by atoms with van der Waals surface area (Å²) in [7, 11) is 0. The third-order valence-electron chi connectivity index (χ3n) is 5.10. The lowest BCUT2D eigenvalue weighted by Crippen LogP contribution is -2.64.